The van der Waals surface area contributed by atoms with Crippen molar-refractivity contribution in [2.75, 3.05) is 26.7 Å². The Labute approximate surface area is 78.0 Å². The smallest absolute Gasteiger partial charge is 0.290 e. The van der Waals surface area contributed by atoms with Crippen molar-refractivity contribution in [3.8, 4) is 0 Å². The minimum Gasteiger partial charge on any atom is -0.483 e. The monoisotopic (exact) mass is 194 g/mol. The van der Waals surface area contributed by atoms with E-state index in [0.717, 1.165) is 19.6 Å². The minimum atomic E-state index is -0.250. The normalized spacial score (nSPS) is 6.92. The molecule has 0 spiro atoms. The molecule has 0 fully saturated rings. The Morgan fingerprint density at radius 3 is 1.77 bits per heavy atom. The van der Waals surface area contributed by atoms with E-state index in [1.807, 2.05) is 7.05 Å². The van der Waals surface area contributed by atoms with Crippen molar-refractivity contribution in [3.63, 3.8) is 0 Å². The molecule has 0 aliphatic heterocycles. The van der Waals surface area contributed by atoms with Crippen LogP contribution in [0.4, 0.5) is 0 Å². The highest BCUT2D eigenvalue weighted by atomic mass is 16.3. The first-order valence-electron chi connectivity index (χ1n) is 3.76. The van der Waals surface area contributed by atoms with Crippen molar-refractivity contribution in [1.82, 2.24) is 10.6 Å². The Morgan fingerprint density at radius 2 is 1.54 bits per heavy atom. The topological polar surface area (TPSA) is 98.7 Å². The lowest BCUT2D eigenvalue weighted by Gasteiger charge is -1.96. The van der Waals surface area contributed by atoms with Gasteiger partial charge in [0.05, 0.1) is 0 Å². The van der Waals surface area contributed by atoms with Crippen LogP contribution in [0.3, 0.4) is 0 Å². The molecule has 0 heterocycles. The molecule has 0 aliphatic carbocycles. The Hall–Kier alpha value is -1.14. The number of carboxylic acid groups (broad SMARTS) is 2. The Kier molecular flexibility index (Phi) is 42.1. The molecule has 6 nitrogen and oxygen atoms in total. The molecule has 80 valence electrons. The molecule has 0 aromatic rings. The predicted octanol–water partition coefficient (Wildman–Crippen LogP) is -0.783. The van der Waals surface area contributed by atoms with Crippen LogP contribution in [0.2, 0.25) is 0 Å². The molecule has 0 aromatic carbocycles. The highest BCUT2D eigenvalue weighted by Crippen LogP contribution is 1.52. The minimum absolute atomic E-state index is 0.250. The molecule has 0 saturated carbocycles. The largest absolute Gasteiger partial charge is 0.483 e. The molecule has 0 aromatic heterocycles. The molecular weight excluding hydrogens is 176 g/mol. The fraction of sp³-hybridized carbons (Fsp3) is 0.714. The highest BCUT2D eigenvalue weighted by molar-refractivity contribution is 5.32. The average molecular weight is 194 g/mol. The fourth-order valence-electron chi connectivity index (χ4n) is 0.390. The second-order valence-electron chi connectivity index (χ2n) is 1.67. The maximum absolute atomic E-state index is 8.36. The molecule has 13 heavy (non-hydrogen) atoms. The molecule has 6 heteroatoms. The van der Waals surface area contributed by atoms with Crippen LogP contribution in [-0.4, -0.2) is 49.8 Å². The summed E-state index contributed by atoms with van der Waals surface area (Å²) >= 11 is 0. The standard InChI is InChI=1S/C5H14N2.2CH2O2/c1-3-7-5-4-6-2;2*2-1-3/h6-7H,3-5H2,1-2H3;2*1H,(H,2,3). The van der Waals surface area contributed by atoms with Crippen molar-refractivity contribution in [1.29, 1.82) is 0 Å². The third kappa shape index (κ3) is 104. The molecule has 0 radical (unpaired) electrons. The summed E-state index contributed by atoms with van der Waals surface area (Å²) in [6, 6.07) is 0. The summed E-state index contributed by atoms with van der Waals surface area (Å²) in [7, 11) is 1.96. The molecule has 0 unspecified atom stereocenters. The van der Waals surface area contributed by atoms with Crippen LogP contribution in [0.25, 0.3) is 0 Å². The Balaban J connectivity index is -0.000000140. The van der Waals surface area contributed by atoms with Gasteiger partial charge in [-0.2, -0.15) is 0 Å². The number of rotatable bonds is 4. The summed E-state index contributed by atoms with van der Waals surface area (Å²) in [5.41, 5.74) is 0. The van der Waals surface area contributed by atoms with Crippen LogP contribution < -0.4 is 10.6 Å². The molecular formula is C7H18N2O4. The van der Waals surface area contributed by atoms with E-state index in [1.54, 1.807) is 0 Å². The summed E-state index contributed by atoms with van der Waals surface area (Å²) in [4.78, 5) is 16.7. The molecule has 0 saturated heterocycles. The van der Waals surface area contributed by atoms with Gasteiger partial charge in [-0.15, -0.1) is 0 Å². The van der Waals surface area contributed by atoms with Crippen LogP contribution in [0.1, 0.15) is 6.92 Å². The van der Waals surface area contributed by atoms with Gasteiger partial charge in [-0.25, -0.2) is 0 Å². The number of carbonyl (C=O) groups is 2. The molecule has 0 rings (SSSR count). The maximum Gasteiger partial charge on any atom is 0.290 e. The Bertz CT molecular complexity index is 80.6. The van der Waals surface area contributed by atoms with E-state index in [4.69, 9.17) is 19.8 Å². The second kappa shape index (κ2) is 30.7. The van der Waals surface area contributed by atoms with Gasteiger partial charge in [0.15, 0.2) is 0 Å². The van der Waals surface area contributed by atoms with Crippen LogP contribution in [-0.2, 0) is 9.59 Å². The summed E-state index contributed by atoms with van der Waals surface area (Å²) in [5.74, 6) is 0. The summed E-state index contributed by atoms with van der Waals surface area (Å²) in [6.07, 6.45) is 0. The SMILES string of the molecule is CCNCCNC.O=CO.O=CO. The third-order valence-electron chi connectivity index (χ3n) is 0.802. The van der Waals surface area contributed by atoms with Crippen LogP contribution in [0, 0.1) is 0 Å². The van der Waals surface area contributed by atoms with Gasteiger partial charge in [-0.3, -0.25) is 9.59 Å². The van der Waals surface area contributed by atoms with Gasteiger partial charge >= 0.3 is 0 Å². The lowest BCUT2D eigenvalue weighted by Crippen LogP contribution is -2.24. The predicted molar refractivity (Wildman–Crippen MR) is 49.9 cm³/mol. The molecule has 0 bridgehead atoms. The van der Waals surface area contributed by atoms with Crippen LogP contribution in [0.5, 0.6) is 0 Å². The lowest BCUT2D eigenvalue weighted by molar-refractivity contribution is -0.123. The van der Waals surface area contributed by atoms with Crippen LogP contribution >= 0.6 is 0 Å². The van der Waals surface area contributed by atoms with Crippen molar-refractivity contribution >= 4 is 12.9 Å². The zero-order valence-corrected chi connectivity index (χ0v) is 7.99. The lowest BCUT2D eigenvalue weighted by atomic mass is 10.6. The number of hydrogen-bond donors (Lipinski definition) is 4. The highest BCUT2D eigenvalue weighted by Gasteiger charge is 1.75. The summed E-state index contributed by atoms with van der Waals surface area (Å²) in [6.45, 7) is 4.82. The van der Waals surface area contributed by atoms with E-state index in [1.165, 1.54) is 0 Å². The quantitative estimate of drug-likeness (QED) is 0.346. The van der Waals surface area contributed by atoms with Gasteiger partial charge < -0.3 is 20.8 Å². The van der Waals surface area contributed by atoms with Gasteiger partial charge in [-0.1, -0.05) is 6.92 Å². The van der Waals surface area contributed by atoms with E-state index in [2.05, 4.69) is 17.6 Å². The van der Waals surface area contributed by atoms with Gasteiger partial charge in [0.25, 0.3) is 12.9 Å². The first kappa shape index (κ1) is 17.8. The second-order valence-corrected chi connectivity index (χ2v) is 1.67. The molecule has 4 N–H and O–H groups in total. The van der Waals surface area contributed by atoms with Gasteiger partial charge in [0, 0.05) is 13.1 Å². The van der Waals surface area contributed by atoms with Crippen molar-refractivity contribution in [2.45, 2.75) is 6.92 Å². The molecule has 0 atom stereocenters. The zero-order chi connectivity index (χ0) is 10.9. The van der Waals surface area contributed by atoms with Gasteiger partial charge in [0.2, 0.25) is 0 Å². The number of hydrogen-bond acceptors (Lipinski definition) is 4. The van der Waals surface area contributed by atoms with Crippen molar-refractivity contribution < 1.29 is 19.8 Å². The van der Waals surface area contributed by atoms with Gasteiger partial charge in [0.1, 0.15) is 0 Å². The fourth-order valence-corrected chi connectivity index (χ4v) is 0.390. The molecule has 0 aliphatic rings. The Morgan fingerprint density at radius 1 is 1.15 bits per heavy atom. The summed E-state index contributed by atoms with van der Waals surface area (Å²) < 4.78 is 0. The third-order valence-corrected chi connectivity index (χ3v) is 0.802. The first-order valence-corrected chi connectivity index (χ1v) is 3.76. The maximum atomic E-state index is 8.36. The zero-order valence-electron chi connectivity index (χ0n) is 7.99. The summed E-state index contributed by atoms with van der Waals surface area (Å²) in [5, 5.41) is 20.0. The van der Waals surface area contributed by atoms with Crippen molar-refractivity contribution in [3.05, 3.63) is 0 Å². The van der Waals surface area contributed by atoms with Crippen LogP contribution in [0.15, 0.2) is 0 Å². The number of nitrogens with one attached hydrogen (secondary N) is 2. The van der Waals surface area contributed by atoms with Gasteiger partial charge in [-0.05, 0) is 13.6 Å². The van der Waals surface area contributed by atoms with E-state index >= 15 is 0 Å². The first-order chi connectivity index (χ1) is 6.24. The van der Waals surface area contributed by atoms with E-state index in [-0.39, 0.29) is 12.9 Å². The number of likely N-dealkylation sites (N-methyl/N-ethyl adjacent to an activating group) is 2. The molecule has 0 amide bonds. The van der Waals surface area contributed by atoms with Crippen molar-refractivity contribution in [2.24, 2.45) is 0 Å². The average Bonchev–Trinajstić information content (AvgIpc) is 2.08. The van der Waals surface area contributed by atoms with E-state index in [0.29, 0.717) is 0 Å². The van der Waals surface area contributed by atoms with E-state index in [9.17, 15) is 0 Å². The van der Waals surface area contributed by atoms with E-state index < -0.39 is 0 Å².